The van der Waals surface area contributed by atoms with E-state index in [2.05, 4.69) is 22.8 Å². The number of aryl methyl sites for hydroxylation is 1. The number of nitro benzene ring substituents is 1. The minimum Gasteiger partial charge on any atom is -0.368 e. The molecule has 0 saturated carbocycles. The van der Waals surface area contributed by atoms with Crippen LogP contribution in [-0.2, 0) is 0 Å². The summed E-state index contributed by atoms with van der Waals surface area (Å²) < 4.78 is 0. The van der Waals surface area contributed by atoms with E-state index in [4.69, 9.17) is 11.6 Å². The summed E-state index contributed by atoms with van der Waals surface area (Å²) in [6.45, 7) is 5.12. The van der Waals surface area contributed by atoms with E-state index in [1.165, 1.54) is 17.7 Å². The first-order valence-electron chi connectivity index (χ1n) is 7.94. The number of hydrogen-bond donors (Lipinski definition) is 0. The molecule has 1 aliphatic heterocycles. The van der Waals surface area contributed by atoms with Crippen molar-refractivity contribution >= 4 is 28.7 Å². The summed E-state index contributed by atoms with van der Waals surface area (Å²) >= 11 is 6.11. The number of piperazine rings is 1. The molecule has 1 saturated heterocycles. The van der Waals surface area contributed by atoms with Gasteiger partial charge in [0.15, 0.2) is 0 Å². The van der Waals surface area contributed by atoms with Crippen molar-refractivity contribution < 1.29 is 4.92 Å². The number of hydrogen-bond acceptors (Lipinski definition) is 5. The smallest absolute Gasteiger partial charge is 0.270 e. The van der Waals surface area contributed by atoms with Gasteiger partial charge in [-0.15, -0.1) is 0 Å². The van der Waals surface area contributed by atoms with Crippen molar-refractivity contribution in [3.05, 3.63) is 62.7 Å². The van der Waals surface area contributed by atoms with E-state index >= 15 is 0 Å². The lowest BCUT2D eigenvalue weighted by Crippen LogP contribution is -2.47. The van der Waals surface area contributed by atoms with Gasteiger partial charge in [0.25, 0.3) is 5.69 Å². The third kappa shape index (κ3) is 3.52. The maximum Gasteiger partial charge on any atom is 0.270 e. The molecule has 6 nitrogen and oxygen atoms in total. The van der Waals surface area contributed by atoms with Crippen LogP contribution in [0.25, 0.3) is 0 Å². The predicted molar refractivity (Wildman–Crippen MR) is 98.4 cm³/mol. The molecule has 0 aliphatic carbocycles. The molecule has 3 rings (SSSR count). The molecular weight excluding hydrogens is 340 g/mol. The summed E-state index contributed by atoms with van der Waals surface area (Å²) in [5.41, 5.74) is 3.31. The van der Waals surface area contributed by atoms with Gasteiger partial charge in [-0.3, -0.25) is 10.1 Å². The highest BCUT2D eigenvalue weighted by molar-refractivity contribution is 6.30. The average Bonchev–Trinajstić information content (AvgIpc) is 2.63. The highest BCUT2D eigenvalue weighted by Gasteiger charge is 2.22. The topological polar surface area (TPSA) is 73.4 Å². The monoisotopic (exact) mass is 356 g/mol. The maximum atomic E-state index is 10.9. The molecule has 1 heterocycles. The zero-order valence-corrected chi connectivity index (χ0v) is 14.5. The van der Waals surface area contributed by atoms with Crippen LogP contribution < -0.4 is 9.80 Å². The Morgan fingerprint density at radius 2 is 1.72 bits per heavy atom. The van der Waals surface area contributed by atoms with Gasteiger partial charge >= 0.3 is 0 Å². The van der Waals surface area contributed by atoms with Crippen molar-refractivity contribution in [1.29, 1.82) is 5.26 Å². The summed E-state index contributed by atoms with van der Waals surface area (Å²) in [5.74, 6) is 0. The Labute approximate surface area is 151 Å². The molecule has 0 spiro atoms. The molecule has 1 aliphatic rings. The fourth-order valence-corrected chi connectivity index (χ4v) is 3.28. The van der Waals surface area contributed by atoms with Gasteiger partial charge in [0.2, 0.25) is 0 Å². The van der Waals surface area contributed by atoms with Crippen LogP contribution in [0.4, 0.5) is 17.1 Å². The van der Waals surface area contributed by atoms with E-state index in [0.29, 0.717) is 10.6 Å². The standard InChI is InChI=1S/C18H17ClN4O2/c1-13-2-3-15(19)11-18(13)22-8-6-21(7-9-22)17-5-4-16(23(24)25)10-14(17)12-20/h2-5,10-11H,6-9H2,1H3. The molecule has 0 aromatic heterocycles. The number of nitriles is 1. The van der Waals surface area contributed by atoms with Crippen molar-refractivity contribution in [3.8, 4) is 6.07 Å². The molecular formula is C18H17ClN4O2. The van der Waals surface area contributed by atoms with Gasteiger partial charge in [-0.1, -0.05) is 17.7 Å². The van der Waals surface area contributed by atoms with Crippen LogP contribution in [-0.4, -0.2) is 31.1 Å². The number of nitro groups is 1. The SMILES string of the molecule is Cc1ccc(Cl)cc1N1CCN(c2ccc([N+](=O)[O-])cc2C#N)CC1. The van der Waals surface area contributed by atoms with Crippen molar-refractivity contribution in [1.82, 2.24) is 0 Å². The first-order valence-corrected chi connectivity index (χ1v) is 8.32. The summed E-state index contributed by atoms with van der Waals surface area (Å²) in [7, 11) is 0. The van der Waals surface area contributed by atoms with Crippen molar-refractivity contribution in [2.45, 2.75) is 6.92 Å². The van der Waals surface area contributed by atoms with E-state index in [-0.39, 0.29) is 5.69 Å². The molecule has 1 fully saturated rings. The maximum absolute atomic E-state index is 10.9. The quantitative estimate of drug-likeness (QED) is 0.618. The average molecular weight is 357 g/mol. The van der Waals surface area contributed by atoms with Gasteiger partial charge < -0.3 is 9.80 Å². The number of rotatable bonds is 3. The Balaban J connectivity index is 1.78. The van der Waals surface area contributed by atoms with Crippen LogP contribution >= 0.6 is 11.6 Å². The summed E-state index contributed by atoms with van der Waals surface area (Å²) in [4.78, 5) is 14.8. The minimum atomic E-state index is -0.482. The van der Waals surface area contributed by atoms with E-state index in [0.717, 1.165) is 37.6 Å². The molecule has 2 aromatic rings. The van der Waals surface area contributed by atoms with Gasteiger partial charge in [-0.05, 0) is 30.7 Å². The van der Waals surface area contributed by atoms with Crippen molar-refractivity contribution in [3.63, 3.8) is 0 Å². The molecule has 0 N–H and O–H groups in total. The molecule has 25 heavy (non-hydrogen) atoms. The van der Waals surface area contributed by atoms with E-state index in [1.807, 2.05) is 18.2 Å². The second-order valence-electron chi connectivity index (χ2n) is 5.98. The van der Waals surface area contributed by atoms with Crippen molar-refractivity contribution in [2.24, 2.45) is 0 Å². The van der Waals surface area contributed by atoms with Crippen molar-refractivity contribution in [2.75, 3.05) is 36.0 Å². The lowest BCUT2D eigenvalue weighted by molar-refractivity contribution is -0.384. The molecule has 0 amide bonds. The van der Waals surface area contributed by atoms with Gasteiger partial charge in [0.1, 0.15) is 6.07 Å². The Morgan fingerprint density at radius 3 is 2.32 bits per heavy atom. The van der Waals surface area contributed by atoms with Crippen LogP contribution in [0.15, 0.2) is 36.4 Å². The van der Waals surface area contributed by atoms with Gasteiger partial charge in [0, 0.05) is 49.0 Å². The molecule has 128 valence electrons. The Bertz CT molecular complexity index is 855. The zero-order chi connectivity index (χ0) is 18.0. The molecule has 0 unspecified atom stereocenters. The van der Waals surface area contributed by atoms with Gasteiger partial charge in [0.05, 0.1) is 16.2 Å². The van der Waals surface area contributed by atoms with Crippen LogP contribution in [0, 0.1) is 28.4 Å². The Kier molecular flexibility index (Phi) is 4.77. The Morgan fingerprint density at radius 1 is 1.08 bits per heavy atom. The van der Waals surface area contributed by atoms with Gasteiger partial charge in [-0.25, -0.2) is 0 Å². The molecule has 0 atom stereocenters. The largest absolute Gasteiger partial charge is 0.368 e. The van der Waals surface area contributed by atoms with Crippen LogP contribution in [0.2, 0.25) is 5.02 Å². The fraction of sp³-hybridized carbons (Fsp3) is 0.278. The number of halogens is 1. The molecule has 2 aromatic carbocycles. The molecule has 0 bridgehead atoms. The van der Waals surface area contributed by atoms with Crippen LogP contribution in [0.1, 0.15) is 11.1 Å². The second kappa shape index (κ2) is 6.99. The summed E-state index contributed by atoms with van der Waals surface area (Å²) in [6, 6.07) is 12.4. The van der Waals surface area contributed by atoms with Crippen LogP contribution in [0.3, 0.4) is 0 Å². The lowest BCUT2D eigenvalue weighted by atomic mass is 10.1. The summed E-state index contributed by atoms with van der Waals surface area (Å²) in [5, 5.41) is 20.9. The van der Waals surface area contributed by atoms with Gasteiger partial charge in [-0.2, -0.15) is 5.26 Å². The first-order chi connectivity index (χ1) is 12.0. The third-order valence-corrected chi connectivity index (χ3v) is 4.68. The number of nitrogens with zero attached hydrogens (tertiary/aromatic N) is 4. The number of non-ortho nitro benzene ring substituents is 1. The fourth-order valence-electron chi connectivity index (χ4n) is 3.11. The zero-order valence-electron chi connectivity index (χ0n) is 13.8. The first kappa shape index (κ1) is 17.1. The highest BCUT2D eigenvalue weighted by Crippen LogP contribution is 2.29. The van der Waals surface area contributed by atoms with E-state index < -0.39 is 4.92 Å². The third-order valence-electron chi connectivity index (χ3n) is 4.44. The summed E-state index contributed by atoms with van der Waals surface area (Å²) in [6.07, 6.45) is 0. The van der Waals surface area contributed by atoms with Crippen LogP contribution in [0.5, 0.6) is 0 Å². The lowest BCUT2D eigenvalue weighted by Gasteiger charge is -2.38. The van der Waals surface area contributed by atoms with E-state index in [9.17, 15) is 15.4 Å². The normalized spacial score (nSPS) is 14.3. The number of benzene rings is 2. The second-order valence-corrected chi connectivity index (χ2v) is 6.41. The predicted octanol–water partition coefficient (Wildman–Crippen LogP) is 3.75. The Hall–Kier alpha value is -2.78. The highest BCUT2D eigenvalue weighted by atomic mass is 35.5. The molecule has 0 radical (unpaired) electrons. The molecule has 7 heteroatoms. The minimum absolute atomic E-state index is 0.0616. The van der Waals surface area contributed by atoms with E-state index in [1.54, 1.807) is 6.07 Å². The number of anilines is 2.